The lowest BCUT2D eigenvalue weighted by Gasteiger charge is -2.10. The normalized spacial score (nSPS) is 14.4. The molecule has 0 aromatic heterocycles. The number of halogens is 1. The molecule has 0 bridgehead atoms. The van der Waals surface area contributed by atoms with Crippen LogP contribution in [0.15, 0.2) is 12.1 Å². The fourth-order valence-electron chi connectivity index (χ4n) is 1.45. The number of amides is 1. The van der Waals surface area contributed by atoms with E-state index in [1.807, 2.05) is 0 Å². The van der Waals surface area contributed by atoms with Gasteiger partial charge in [0.25, 0.3) is 0 Å². The molecule has 0 spiro atoms. The Kier molecular flexibility index (Phi) is 2.70. The largest absolute Gasteiger partial charge is 0.491 e. The number of aromatic carboxylic acids is 1. The zero-order valence-electron chi connectivity index (χ0n) is 8.12. The number of benzene rings is 1. The minimum atomic E-state index is -1.16. The summed E-state index contributed by atoms with van der Waals surface area (Å²) in [5.41, 5.74) is 0.0946. The summed E-state index contributed by atoms with van der Waals surface area (Å²) in [6, 6.07) is 2.76. The molecule has 1 aliphatic rings. The fourth-order valence-corrected chi connectivity index (χ4v) is 1.66. The summed E-state index contributed by atoms with van der Waals surface area (Å²) < 4.78 is 5.26. The highest BCUT2D eigenvalue weighted by Crippen LogP contribution is 2.34. The van der Waals surface area contributed by atoms with E-state index in [2.05, 4.69) is 5.32 Å². The molecular weight excluding hydrogens is 234 g/mol. The Morgan fingerprint density at radius 1 is 1.50 bits per heavy atom. The maximum Gasteiger partial charge on any atom is 0.338 e. The highest BCUT2D eigenvalue weighted by molar-refractivity contribution is 6.31. The van der Waals surface area contributed by atoms with E-state index in [9.17, 15) is 9.59 Å². The lowest BCUT2D eigenvalue weighted by Crippen LogP contribution is -2.13. The summed E-state index contributed by atoms with van der Waals surface area (Å²) in [4.78, 5) is 22.3. The quantitative estimate of drug-likeness (QED) is 0.786. The van der Waals surface area contributed by atoms with Crippen molar-refractivity contribution in [3.8, 4) is 5.75 Å². The monoisotopic (exact) mass is 241 g/mol. The van der Waals surface area contributed by atoms with Gasteiger partial charge in [-0.15, -0.1) is 0 Å². The first kappa shape index (κ1) is 10.8. The second kappa shape index (κ2) is 4.02. The van der Waals surface area contributed by atoms with Crippen LogP contribution in [-0.2, 0) is 4.79 Å². The molecule has 1 aliphatic heterocycles. The van der Waals surface area contributed by atoms with Gasteiger partial charge in [-0.1, -0.05) is 11.6 Å². The number of hydrogen-bond donors (Lipinski definition) is 2. The molecule has 1 aromatic rings. The third kappa shape index (κ3) is 1.94. The summed E-state index contributed by atoms with van der Waals surface area (Å²) in [6.07, 6.45) is 0.186. The van der Waals surface area contributed by atoms with Crippen molar-refractivity contribution in [1.29, 1.82) is 0 Å². The predicted octanol–water partition coefficient (Wildman–Crippen LogP) is 1.76. The summed E-state index contributed by atoms with van der Waals surface area (Å²) in [5.74, 6) is -1.15. The number of carboxylic acids is 1. The Morgan fingerprint density at radius 2 is 2.25 bits per heavy atom. The SMILES string of the molecule is O=C1CCOc2cc(Cl)cc(C(=O)O)c2N1. The van der Waals surface area contributed by atoms with Gasteiger partial charge in [-0.05, 0) is 6.07 Å². The summed E-state index contributed by atoms with van der Waals surface area (Å²) >= 11 is 5.76. The first-order chi connectivity index (χ1) is 7.58. The average Bonchev–Trinajstić information content (AvgIpc) is 2.37. The van der Waals surface area contributed by atoms with E-state index >= 15 is 0 Å². The van der Waals surface area contributed by atoms with Crippen LogP contribution in [0.2, 0.25) is 5.02 Å². The smallest absolute Gasteiger partial charge is 0.338 e. The number of carbonyl (C=O) groups is 2. The molecule has 16 heavy (non-hydrogen) atoms. The number of ether oxygens (including phenoxy) is 1. The fraction of sp³-hybridized carbons (Fsp3) is 0.200. The van der Waals surface area contributed by atoms with Gasteiger partial charge in [-0.25, -0.2) is 4.79 Å². The van der Waals surface area contributed by atoms with Crippen LogP contribution in [0.1, 0.15) is 16.8 Å². The molecule has 0 atom stereocenters. The Hall–Kier alpha value is -1.75. The van der Waals surface area contributed by atoms with Crippen molar-refractivity contribution in [3.05, 3.63) is 22.7 Å². The van der Waals surface area contributed by atoms with Crippen molar-refractivity contribution in [2.75, 3.05) is 11.9 Å². The van der Waals surface area contributed by atoms with Crippen molar-refractivity contribution in [1.82, 2.24) is 0 Å². The van der Waals surface area contributed by atoms with Crippen LogP contribution < -0.4 is 10.1 Å². The topological polar surface area (TPSA) is 75.6 Å². The van der Waals surface area contributed by atoms with Crippen molar-refractivity contribution >= 4 is 29.2 Å². The summed E-state index contributed by atoms with van der Waals surface area (Å²) in [6.45, 7) is 0.207. The molecule has 0 fully saturated rings. The molecule has 0 saturated heterocycles. The number of hydrogen-bond acceptors (Lipinski definition) is 3. The Morgan fingerprint density at radius 3 is 2.94 bits per heavy atom. The molecule has 1 aromatic carbocycles. The van der Waals surface area contributed by atoms with E-state index < -0.39 is 5.97 Å². The number of carboxylic acid groups (broad SMARTS) is 1. The maximum absolute atomic E-state index is 11.3. The van der Waals surface area contributed by atoms with Gasteiger partial charge < -0.3 is 15.2 Å². The van der Waals surface area contributed by atoms with E-state index in [0.29, 0.717) is 0 Å². The maximum atomic E-state index is 11.3. The highest BCUT2D eigenvalue weighted by Gasteiger charge is 2.21. The lowest BCUT2D eigenvalue weighted by molar-refractivity contribution is -0.116. The molecule has 0 saturated carbocycles. The highest BCUT2D eigenvalue weighted by atomic mass is 35.5. The predicted molar refractivity (Wildman–Crippen MR) is 57.2 cm³/mol. The van der Waals surface area contributed by atoms with Crippen LogP contribution in [0.25, 0.3) is 0 Å². The van der Waals surface area contributed by atoms with Crippen molar-refractivity contribution in [3.63, 3.8) is 0 Å². The van der Waals surface area contributed by atoms with E-state index in [0.717, 1.165) is 0 Å². The van der Waals surface area contributed by atoms with Gasteiger partial charge in [0.05, 0.1) is 24.3 Å². The van der Waals surface area contributed by atoms with Gasteiger partial charge in [0, 0.05) is 11.1 Å². The summed E-state index contributed by atoms with van der Waals surface area (Å²) in [7, 11) is 0. The third-order valence-corrected chi connectivity index (χ3v) is 2.37. The molecule has 2 rings (SSSR count). The number of anilines is 1. The van der Waals surface area contributed by atoms with Crippen molar-refractivity contribution in [2.45, 2.75) is 6.42 Å². The molecular formula is C10H8ClNO4. The van der Waals surface area contributed by atoms with Gasteiger partial charge in [-0.2, -0.15) is 0 Å². The van der Waals surface area contributed by atoms with Gasteiger partial charge in [0.1, 0.15) is 5.75 Å². The number of carbonyl (C=O) groups excluding carboxylic acids is 1. The Balaban J connectivity index is 2.58. The van der Waals surface area contributed by atoms with Crippen LogP contribution in [0.3, 0.4) is 0 Å². The molecule has 1 amide bonds. The molecule has 0 radical (unpaired) electrons. The molecule has 84 valence electrons. The molecule has 1 heterocycles. The first-order valence-electron chi connectivity index (χ1n) is 4.57. The second-order valence-corrected chi connectivity index (χ2v) is 3.71. The van der Waals surface area contributed by atoms with Crippen LogP contribution in [0.5, 0.6) is 5.75 Å². The molecule has 0 aliphatic carbocycles. The van der Waals surface area contributed by atoms with Crippen LogP contribution >= 0.6 is 11.6 Å². The Bertz CT molecular complexity index is 472. The zero-order valence-corrected chi connectivity index (χ0v) is 8.87. The number of nitrogens with one attached hydrogen (secondary N) is 1. The second-order valence-electron chi connectivity index (χ2n) is 3.28. The van der Waals surface area contributed by atoms with Crippen molar-refractivity contribution < 1.29 is 19.4 Å². The van der Waals surface area contributed by atoms with Crippen LogP contribution in [-0.4, -0.2) is 23.6 Å². The van der Waals surface area contributed by atoms with Gasteiger partial charge in [0.2, 0.25) is 5.91 Å². The van der Waals surface area contributed by atoms with Gasteiger partial charge in [0.15, 0.2) is 0 Å². The van der Waals surface area contributed by atoms with Crippen LogP contribution in [0, 0.1) is 0 Å². The lowest BCUT2D eigenvalue weighted by atomic mass is 10.1. The third-order valence-electron chi connectivity index (χ3n) is 2.15. The molecule has 0 unspecified atom stereocenters. The number of fused-ring (bicyclic) bond motifs is 1. The van der Waals surface area contributed by atoms with E-state index in [-0.39, 0.29) is 41.0 Å². The van der Waals surface area contributed by atoms with Crippen molar-refractivity contribution in [2.24, 2.45) is 0 Å². The molecule has 6 heteroatoms. The average molecular weight is 242 g/mol. The first-order valence-corrected chi connectivity index (χ1v) is 4.95. The van der Waals surface area contributed by atoms with Gasteiger partial charge >= 0.3 is 5.97 Å². The number of rotatable bonds is 1. The minimum absolute atomic E-state index is 0.0715. The standard InChI is InChI=1S/C10H8ClNO4/c11-5-3-6(10(14)15)9-7(4-5)16-2-1-8(13)12-9/h3-4H,1-2H2,(H,12,13)(H,14,15). The minimum Gasteiger partial charge on any atom is -0.491 e. The molecule has 5 nitrogen and oxygen atoms in total. The van der Waals surface area contributed by atoms with Gasteiger partial charge in [-0.3, -0.25) is 4.79 Å². The van der Waals surface area contributed by atoms with E-state index in [1.165, 1.54) is 12.1 Å². The van der Waals surface area contributed by atoms with E-state index in [4.69, 9.17) is 21.4 Å². The molecule has 2 N–H and O–H groups in total. The van der Waals surface area contributed by atoms with Crippen LogP contribution in [0.4, 0.5) is 5.69 Å². The Labute approximate surface area is 96.0 Å². The van der Waals surface area contributed by atoms with E-state index in [1.54, 1.807) is 0 Å². The summed E-state index contributed by atoms with van der Waals surface area (Å²) in [5, 5.41) is 11.7. The zero-order chi connectivity index (χ0) is 11.7.